The number of carboxylic acids is 1. The van der Waals surface area contributed by atoms with E-state index in [-0.39, 0.29) is 21.5 Å². The van der Waals surface area contributed by atoms with E-state index in [1.54, 1.807) is 14.1 Å². The molecule has 0 bridgehead atoms. The van der Waals surface area contributed by atoms with Crippen LogP contribution in [0.3, 0.4) is 0 Å². The summed E-state index contributed by atoms with van der Waals surface area (Å²) in [5.41, 5.74) is 0. The van der Waals surface area contributed by atoms with Crippen LogP contribution in [0.15, 0.2) is 16.3 Å². The standard InChI is InChI=1S/C12H16N2O5S2/c1-13(2)11(15)8-4-3-7-14(8)21(18,19)10-6-5-9(20-10)12(16)17/h5-6,8H,3-4,7H2,1-2H3,(H,16,17). The highest BCUT2D eigenvalue weighted by Gasteiger charge is 2.40. The summed E-state index contributed by atoms with van der Waals surface area (Å²) >= 11 is 0.703. The number of hydrogen-bond acceptors (Lipinski definition) is 5. The summed E-state index contributed by atoms with van der Waals surface area (Å²) in [6.45, 7) is 0.271. The van der Waals surface area contributed by atoms with Gasteiger partial charge in [0, 0.05) is 20.6 Å². The van der Waals surface area contributed by atoms with Crippen molar-refractivity contribution in [2.24, 2.45) is 0 Å². The molecule has 0 spiro atoms. The maximum atomic E-state index is 12.6. The van der Waals surface area contributed by atoms with Crippen molar-refractivity contribution in [3.05, 3.63) is 17.0 Å². The Labute approximate surface area is 126 Å². The zero-order chi connectivity index (χ0) is 15.8. The molecule has 2 heterocycles. The summed E-state index contributed by atoms with van der Waals surface area (Å²) < 4.78 is 26.3. The minimum atomic E-state index is -3.84. The van der Waals surface area contributed by atoms with Gasteiger partial charge in [-0.15, -0.1) is 11.3 Å². The number of rotatable bonds is 4. The first-order valence-electron chi connectivity index (χ1n) is 6.31. The zero-order valence-corrected chi connectivity index (χ0v) is 13.3. The summed E-state index contributed by atoms with van der Waals surface area (Å²) in [7, 11) is -0.673. The van der Waals surface area contributed by atoms with Crippen LogP contribution in [0.1, 0.15) is 22.5 Å². The summed E-state index contributed by atoms with van der Waals surface area (Å²) in [5.74, 6) is -1.42. The van der Waals surface area contributed by atoms with E-state index in [0.29, 0.717) is 24.2 Å². The molecule has 1 N–H and O–H groups in total. The highest BCUT2D eigenvalue weighted by atomic mass is 32.2. The largest absolute Gasteiger partial charge is 0.477 e. The van der Waals surface area contributed by atoms with E-state index in [4.69, 9.17) is 5.11 Å². The van der Waals surface area contributed by atoms with Crippen LogP contribution in [0.4, 0.5) is 0 Å². The molecule has 2 rings (SSSR count). The number of likely N-dealkylation sites (N-methyl/N-ethyl adjacent to an activating group) is 1. The van der Waals surface area contributed by atoms with E-state index in [1.165, 1.54) is 21.3 Å². The minimum Gasteiger partial charge on any atom is -0.477 e. The molecule has 1 aliphatic rings. The van der Waals surface area contributed by atoms with Gasteiger partial charge < -0.3 is 10.0 Å². The molecule has 0 aromatic carbocycles. The van der Waals surface area contributed by atoms with Crippen LogP contribution in [0, 0.1) is 0 Å². The van der Waals surface area contributed by atoms with Crippen molar-refractivity contribution >= 4 is 33.2 Å². The molecule has 1 aromatic heterocycles. The van der Waals surface area contributed by atoms with E-state index in [9.17, 15) is 18.0 Å². The summed E-state index contributed by atoms with van der Waals surface area (Å²) in [6.07, 6.45) is 1.09. The average molecular weight is 332 g/mol. The van der Waals surface area contributed by atoms with Gasteiger partial charge >= 0.3 is 5.97 Å². The van der Waals surface area contributed by atoms with Crippen molar-refractivity contribution < 1.29 is 23.1 Å². The highest BCUT2D eigenvalue weighted by molar-refractivity contribution is 7.91. The molecule has 0 radical (unpaired) electrons. The SMILES string of the molecule is CN(C)C(=O)C1CCCN1S(=O)(=O)c1ccc(C(=O)O)s1. The lowest BCUT2D eigenvalue weighted by atomic mass is 10.2. The molecule has 1 aliphatic heterocycles. The van der Waals surface area contributed by atoms with Gasteiger partial charge in [-0.2, -0.15) is 4.31 Å². The molecule has 1 aromatic rings. The topological polar surface area (TPSA) is 95.0 Å². The number of hydrogen-bond donors (Lipinski definition) is 1. The monoisotopic (exact) mass is 332 g/mol. The van der Waals surface area contributed by atoms with Crippen molar-refractivity contribution in [2.45, 2.75) is 23.1 Å². The van der Waals surface area contributed by atoms with Gasteiger partial charge in [-0.05, 0) is 25.0 Å². The number of carbonyl (C=O) groups is 2. The van der Waals surface area contributed by atoms with Crippen molar-refractivity contribution in [3.63, 3.8) is 0 Å². The number of nitrogens with zero attached hydrogens (tertiary/aromatic N) is 2. The van der Waals surface area contributed by atoms with Crippen LogP contribution in [-0.2, 0) is 14.8 Å². The fourth-order valence-electron chi connectivity index (χ4n) is 2.26. The van der Waals surface area contributed by atoms with Gasteiger partial charge in [0.25, 0.3) is 10.0 Å². The summed E-state index contributed by atoms with van der Waals surface area (Å²) in [5, 5.41) is 8.88. The Bertz CT molecular complexity index is 665. The number of aromatic carboxylic acids is 1. The zero-order valence-electron chi connectivity index (χ0n) is 11.6. The Kier molecular flexibility index (Phi) is 4.35. The van der Waals surface area contributed by atoms with Crippen molar-refractivity contribution in [3.8, 4) is 0 Å². The van der Waals surface area contributed by atoms with E-state index in [2.05, 4.69) is 0 Å². The molecule has 1 fully saturated rings. The van der Waals surface area contributed by atoms with Crippen LogP contribution >= 0.6 is 11.3 Å². The first-order valence-corrected chi connectivity index (χ1v) is 8.57. The van der Waals surface area contributed by atoms with Crippen LogP contribution in [0.2, 0.25) is 0 Å². The van der Waals surface area contributed by atoms with E-state index < -0.39 is 22.0 Å². The molecule has 0 aliphatic carbocycles. The Morgan fingerprint density at radius 1 is 1.38 bits per heavy atom. The van der Waals surface area contributed by atoms with Gasteiger partial charge in [0.1, 0.15) is 15.1 Å². The molecule has 7 nitrogen and oxygen atoms in total. The van der Waals surface area contributed by atoms with Gasteiger partial charge in [0.05, 0.1) is 0 Å². The molecule has 21 heavy (non-hydrogen) atoms. The van der Waals surface area contributed by atoms with Gasteiger partial charge in [-0.25, -0.2) is 13.2 Å². The van der Waals surface area contributed by atoms with Gasteiger partial charge in [0.2, 0.25) is 5.91 Å². The number of amides is 1. The van der Waals surface area contributed by atoms with Crippen molar-refractivity contribution in [1.82, 2.24) is 9.21 Å². The lowest BCUT2D eigenvalue weighted by Gasteiger charge is -2.24. The van der Waals surface area contributed by atoms with Gasteiger partial charge in [-0.3, -0.25) is 4.79 Å². The second-order valence-corrected chi connectivity index (χ2v) is 8.13. The number of thiophene rings is 1. The van der Waals surface area contributed by atoms with Crippen LogP contribution in [0.25, 0.3) is 0 Å². The molecule has 1 atom stereocenters. The Morgan fingerprint density at radius 3 is 2.57 bits per heavy atom. The second kappa shape index (κ2) is 5.74. The van der Waals surface area contributed by atoms with Crippen molar-refractivity contribution in [2.75, 3.05) is 20.6 Å². The lowest BCUT2D eigenvalue weighted by Crippen LogP contribution is -2.45. The molecule has 1 saturated heterocycles. The minimum absolute atomic E-state index is 0.0386. The van der Waals surface area contributed by atoms with Crippen LogP contribution < -0.4 is 0 Å². The predicted molar refractivity (Wildman–Crippen MR) is 76.9 cm³/mol. The highest BCUT2D eigenvalue weighted by Crippen LogP contribution is 2.30. The first-order chi connectivity index (χ1) is 9.75. The van der Waals surface area contributed by atoms with E-state index in [1.807, 2.05) is 0 Å². The van der Waals surface area contributed by atoms with Crippen LogP contribution in [-0.4, -0.2) is 61.3 Å². The van der Waals surface area contributed by atoms with Crippen LogP contribution in [0.5, 0.6) is 0 Å². The normalized spacial score (nSPS) is 19.6. The smallest absolute Gasteiger partial charge is 0.345 e. The molecule has 116 valence electrons. The summed E-state index contributed by atoms with van der Waals surface area (Å²) in [4.78, 5) is 24.3. The predicted octanol–water partition coefficient (Wildman–Crippen LogP) is 0.688. The molecule has 0 saturated carbocycles. The van der Waals surface area contributed by atoms with Gasteiger partial charge in [0.15, 0.2) is 0 Å². The molecule has 9 heteroatoms. The lowest BCUT2D eigenvalue weighted by molar-refractivity contribution is -0.132. The number of carbonyl (C=O) groups excluding carboxylic acids is 1. The molecular formula is C12H16N2O5S2. The van der Waals surface area contributed by atoms with E-state index in [0.717, 1.165) is 0 Å². The van der Waals surface area contributed by atoms with Gasteiger partial charge in [-0.1, -0.05) is 0 Å². The third-order valence-electron chi connectivity index (χ3n) is 3.28. The fourth-order valence-corrected chi connectivity index (χ4v) is 5.19. The Morgan fingerprint density at radius 2 is 2.05 bits per heavy atom. The number of carboxylic acid groups (broad SMARTS) is 1. The Balaban J connectivity index is 2.33. The third kappa shape index (κ3) is 2.94. The number of sulfonamides is 1. The third-order valence-corrected chi connectivity index (χ3v) is 6.73. The maximum Gasteiger partial charge on any atom is 0.345 e. The summed E-state index contributed by atoms with van der Waals surface area (Å²) in [6, 6.07) is 1.83. The average Bonchev–Trinajstić information content (AvgIpc) is 3.07. The molecule has 1 unspecified atom stereocenters. The quantitative estimate of drug-likeness (QED) is 0.875. The van der Waals surface area contributed by atoms with E-state index >= 15 is 0 Å². The first kappa shape index (κ1) is 15.9. The second-order valence-electron chi connectivity index (χ2n) is 4.93. The van der Waals surface area contributed by atoms with Crippen molar-refractivity contribution in [1.29, 1.82) is 0 Å². The Hall–Kier alpha value is -1.45. The molecular weight excluding hydrogens is 316 g/mol. The molecule has 1 amide bonds. The maximum absolute atomic E-state index is 12.6. The fraction of sp³-hybridized carbons (Fsp3) is 0.500.